The monoisotopic (exact) mass is 271 g/mol. The molecule has 1 fully saturated rings. The van der Waals surface area contributed by atoms with Gasteiger partial charge < -0.3 is 14.7 Å². The number of rotatable bonds is 4. The first-order chi connectivity index (χ1) is 8.94. The van der Waals surface area contributed by atoms with E-state index in [-0.39, 0.29) is 0 Å². The summed E-state index contributed by atoms with van der Waals surface area (Å²) in [4.78, 5) is 36.0. The Morgan fingerprint density at radius 1 is 1.16 bits per heavy atom. The number of esters is 1. The van der Waals surface area contributed by atoms with Crippen LogP contribution in [0.1, 0.15) is 44.9 Å². The lowest BCUT2D eigenvalue weighted by Gasteiger charge is -2.37. The molecule has 0 saturated heterocycles. The van der Waals surface area contributed by atoms with Crippen LogP contribution < -0.4 is 0 Å². The van der Waals surface area contributed by atoms with E-state index in [1.54, 1.807) is 0 Å². The summed E-state index contributed by atoms with van der Waals surface area (Å²) in [6.07, 6.45) is 3.98. The van der Waals surface area contributed by atoms with E-state index in [0.717, 1.165) is 25.7 Å². The van der Waals surface area contributed by atoms with Crippen molar-refractivity contribution < 1.29 is 24.2 Å². The maximum absolute atomic E-state index is 12.0. The van der Waals surface area contributed by atoms with Gasteiger partial charge in [-0.2, -0.15) is 0 Å². The molecule has 6 heteroatoms. The number of aliphatic carboxylic acids is 1. The molecule has 19 heavy (non-hydrogen) atoms. The number of hydrogen-bond donors (Lipinski definition) is 1. The van der Waals surface area contributed by atoms with Crippen LogP contribution in [-0.2, 0) is 19.1 Å². The van der Waals surface area contributed by atoms with Crippen LogP contribution in [-0.4, -0.2) is 47.5 Å². The van der Waals surface area contributed by atoms with Crippen molar-refractivity contribution in [2.24, 2.45) is 0 Å². The van der Waals surface area contributed by atoms with Gasteiger partial charge >= 0.3 is 11.9 Å². The molecule has 0 aromatic rings. The highest BCUT2D eigenvalue weighted by molar-refractivity contribution is 5.96. The molecule has 0 aliphatic heterocycles. The lowest BCUT2D eigenvalue weighted by atomic mass is 9.88. The van der Waals surface area contributed by atoms with Crippen LogP contribution in [0.4, 0.5) is 0 Å². The Morgan fingerprint density at radius 3 is 2.11 bits per heavy atom. The zero-order valence-electron chi connectivity index (χ0n) is 11.5. The first-order valence-corrected chi connectivity index (χ1v) is 6.51. The van der Waals surface area contributed by atoms with Crippen molar-refractivity contribution in [2.45, 2.75) is 50.5 Å². The zero-order valence-corrected chi connectivity index (χ0v) is 11.5. The van der Waals surface area contributed by atoms with Crippen molar-refractivity contribution in [1.82, 2.24) is 4.90 Å². The summed E-state index contributed by atoms with van der Waals surface area (Å²) < 4.78 is 4.44. The number of amides is 1. The fraction of sp³-hybridized carbons (Fsp3) is 0.769. The van der Waals surface area contributed by atoms with Crippen molar-refractivity contribution in [3.63, 3.8) is 0 Å². The Morgan fingerprint density at radius 2 is 1.68 bits per heavy atom. The van der Waals surface area contributed by atoms with E-state index in [9.17, 15) is 19.5 Å². The van der Waals surface area contributed by atoms with Crippen molar-refractivity contribution in [3.05, 3.63) is 0 Å². The van der Waals surface area contributed by atoms with Crippen LogP contribution in [0.25, 0.3) is 0 Å². The standard InChI is InChI=1S/C13H21NO5/c1-14(10(15)9-11(16)19-2)13(12(17)18)7-5-3-4-6-8-13/h3-9H2,1-2H3,(H,17,18). The third kappa shape index (κ3) is 3.45. The summed E-state index contributed by atoms with van der Waals surface area (Å²) in [5.74, 6) is -2.14. The molecule has 0 bridgehead atoms. The maximum atomic E-state index is 12.0. The van der Waals surface area contributed by atoms with Gasteiger partial charge in [0.25, 0.3) is 0 Å². The summed E-state index contributed by atoms with van der Waals surface area (Å²) in [6.45, 7) is 0. The number of carbonyl (C=O) groups is 3. The molecule has 1 amide bonds. The van der Waals surface area contributed by atoms with E-state index >= 15 is 0 Å². The van der Waals surface area contributed by atoms with Crippen LogP contribution in [0.15, 0.2) is 0 Å². The number of methoxy groups -OCH3 is 1. The maximum Gasteiger partial charge on any atom is 0.329 e. The van der Waals surface area contributed by atoms with E-state index in [2.05, 4.69) is 4.74 Å². The highest BCUT2D eigenvalue weighted by Gasteiger charge is 2.44. The van der Waals surface area contributed by atoms with Crippen LogP contribution >= 0.6 is 0 Å². The molecule has 0 spiro atoms. The van der Waals surface area contributed by atoms with Gasteiger partial charge in [0.1, 0.15) is 12.0 Å². The smallest absolute Gasteiger partial charge is 0.329 e. The minimum absolute atomic E-state index is 0.415. The third-order valence-electron chi connectivity index (χ3n) is 3.87. The van der Waals surface area contributed by atoms with Gasteiger partial charge in [-0.3, -0.25) is 9.59 Å². The van der Waals surface area contributed by atoms with Gasteiger partial charge in [0, 0.05) is 7.05 Å². The minimum Gasteiger partial charge on any atom is -0.479 e. The summed E-state index contributed by atoms with van der Waals surface area (Å²) in [5.41, 5.74) is -1.18. The summed E-state index contributed by atoms with van der Waals surface area (Å²) >= 11 is 0. The lowest BCUT2D eigenvalue weighted by Crippen LogP contribution is -2.55. The van der Waals surface area contributed by atoms with Gasteiger partial charge in [0.2, 0.25) is 5.91 Å². The number of carboxylic acid groups (broad SMARTS) is 1. The van der Waals surface area contributed by atoms with Gasteiger partial charge in [-0.05, 0) is 12.8 Å². The number of ether oxygens (including phenoxy) is 1. The third-order valence-corrected chi connectivity index (χ3v) is 3.87. The van der Waals surface area contributed by atoms with Crippen molar-refractivity contribution in [3.8, 4) is 0 Å². The van der Waals surface area contributed by atoms with Gasteiger partial charge in [-0.1, -0.05) is 25.7 Å². The molecule has 0 radical (unpaired) electrons. The number of likely N-dealkylation sites (N-methyl/N-ethyl adjacent to an activating group) is 1. The molecule has 0 aromatic carbocycles. The van der Waals surface area contributed by atoms with Crippen LogP contribution in [0.3, 0.4) is 0 Å². The Hall–Kier alpha value is -1.59. The summed E-state index contributed by atoms with van der Waals surface area (Å²) in [7, 11) is 2.67. The van der Waals surface area contributed by atoms with E-state index in [0.29, 0.717) is 12.8 Å². The summed E-state index contributed by atoms with van der Waals surface area (Å²) in [5, 5.41) is 9.51. The topological polar surface area (TPSA) is 83.9 Å². The van der Waals surface area contributed by atoms with Crippen LogP contribution in [0, 0.1) is 0 Å². The summed E-state index contributed by atoms with van der Waals surface area (Å²) in [6, 6.07) is 0. The Bertz CT molecular complexity index is 358. The van der Waals surface area contributed by atoms with Crippen molar-refractivity contribution in [2.75, 3.05) is 14.2 Å². The Kier molecular flexibility index (Phi) is 5.32. The molecule has 0 heterocycles. The molecule has 0 unspecified atom stereocenters. The Labute approximate surface area is 112 Å². The molecule has 1 aliphatic rings. The molecule has 1 rings (SSSR count). The molecular formula is C13H21NO5. The molecule has 1 N–H and O–H groups in total. The minimum atomic E-state index is -1.18. The van der Waals surface area contributed by atoms with Crippen molar-refractivity contribution >= 4 is 17.8 Å². The predicted octanol–water partition coefficient (Wildman–Crippen LogP) is 1.19. The highest BCUT2D eigenvalue weighted by Crippen LogP contribution is 2.32. The first kappa shape index (κ1) is 15.5. The molecule has 0 aromatic heterocycles. The molecule has 6 nitrogen and oxygen atoms in total. The zero-order chi connectivity index (χ0) is 14.5. The quantitative estimate of drug-likeness (QED) is 0.471. The largest absolute Gasteiger partial charge is 0.479 e. The molecule has 0 atom stereocenters. The lowest BCUT2D eigenvalue weighted by molar-refractivity contribution is -0.161. The number of carbonyl (C=O) groups excluding carboxylic acids is 2. The predicted molar refractivity (Wildman–Crippen MR) is 67.5 cm³/mol. The van der Waals surface area contributed by atoms with Gasteiger partial charge in [-0.15, -0.1) is 0 Å². The van der Waals surface area contributed by atoms with Gasteiger partial charge in [-0.25, -0.2) is 4.79 Å². The first-order valence-electron chi connectivity index (χ1n) is 6.51. The van der Waals surface area contributed by atoms with E-state index in [1.807, 2.05) is 0 Å². The Balaban J connectivity index is 2.88. The highest BCUT2D eigenvalue weighted by atomic mass is 16.5. The molecule has 1 aliphatic carbocycles. The number of nitrogens with zero attached hydrogens (tertiary/aromatic N) is 1. The molecule has 108 valence electrons. The van der Waals surface area contributed by atoms with Gasteiger partial charge in [0.15, 0.2) is 0 Å². The second-order valence-electron chi connectivity index (χ2n) is 4.96. The van der Waals surface area contributed by atoms with Gasteiger partial charge in [0.05, 0.1) is 7.11 Å². The number of hydrogen-bond acceptors (Lipinski definition) is 4. The SMILES string of the molecule is COC(=O)CC(=O)N(C)C1(C(=O)O)CCCCCC1. The molecule has 1 saturated carbocycles. The fourth-order valence-corrected chi connectivity index (χ4v) is 2.56. The van der Waals surface area contributed by atoms with E-state index < -0.39 is 29.8 Å². The average molecular weight is 271 g/mol. The second-order valence-corrected chi connectivity index (χ2v) is 4.96. The average Bonchev–Trinajstić information content (AvgIpc) is 2.64. The molecular weight excluding hydrogens is 250 g/mol. The van der Waals surface area contributed by atoms with Crippen molar-refractivity contribution in [1.29, 1.82) is 0 Å². The fourth-order valence-electron chi connectivity index (χ4n) is 2.56. The second kappa shape index (κ2) is 6.54. The van der Waals surface area contributed by atoms with E-state index in [1.165, 1.54) is 19.1 Å². The normalized spacial score (nSPS) is 18.2. The van der Waals surface area contributed by atoms with E-state index in [4.69, 9.17) is 0 Å². The number of carboxylic acids is 1. The van der Waals surface area contributed by atoms with Crippen LogP contribution in [0.5, 0.6) is 0 Å². The van der Waals surface area contributed by atoms with Crippen LogP contribution in [0.2, 0.25) is 0 Å².